The molecule has 1 heterocycles. The normalized spacial score (nSPS) is 12.7. The Morgan fingerprint density at radius 3 is 2.82 bits per heavy atom. The SMILES string of the molecule is Cc1cccc(C(N)Cc2ccn(C)n2)c1Br. The molecule has 0 aliphatic carbocycles. The van der Waals surface area contributed by atoms with Gasteiger partial charge >= 0.3 is 0 Å². The molecule has 2 aromatic rings. The fourth-order valence-electron chi connectivity index (χ4n) is 1.86. The second kappa shape index (κ2) is 5.02. The zero-order valence-electron chi connectivity index (χ0n) is 10.0. The summed E-state index contributed by atoms with van der Waals surface area (Å²) in [5.74, 6) is 0. The number of hydrogen-bond donors (Lipinski definition) is 1. The summed E-state index contributed by atoms with van der Waals surface area (Å²) < 4.78 is 2.90. The molecule has 0 amide bonds. The van der Waals surface area contributed by atoms with Gasteiger partial charge in [-0.3, -0.25) is 4.68 Å². The Bertz CT molecular complexity index is 519. The van der Waals surface area contributed by atoms with E-state index in [1.165, 1.54) is 5.56 Å². The highest BCUT2D eigenvalue weighted by molar-refractivity contribution is 9.10. The van der Waals surface area contributed by atoms with Crippen LogP contribution in [0.25, 0.3) is 0 Å². The van der Waals surface area contributed by atoms with Gasteiger partial charge in [0.2, 0.25) is 0 Å². The van der Waals surface area contributed by atoms with Gasteiger partial charge in [0.05, 0.1) is 5.69 Å². The highest BCUT2D eigenvalue weighted by Gasteiger charge is 2.12. The summed E-state index contributed by atoms with van der Waals surface area (Å²) in [5.41, 5.74) is 9.59. The highest BCUT2D eigenvalue weighted by Crippen LogP contribution is 2.26. The molecule has 3 nitrogen and oxygen atoms in total. The van der Waals surface area contributed by atoms with Crippen LogP contribution in [0.5, 0.6) is 0 Å². The maximum Gasteiger partial charge on any atom is 0.0643 e. The predicted molar refractivity (Wildman–Crippen MR) is 72.7 cm³/mol. The summed E-state index contributed by atoms with van der Waals surface area (Å²) in [6.07, 6.45) is 2.69. The zero-order valence-corrected chi connectivity index (χ0v) is 11.6. The number of aryl methyl sites for hydroxylation is 2. The third-order valence-electron chi connectivity index (χ3n) is 2.82. The number of aromatic nitrogens is 2. The average Bonchev–Trinajstić information content (AvgIpc) is 2.68. The minimum absolute atomic E-state index is 0.0285. The van der Waals surface area contributed by atoms with Crippen molar-refractivity contribution in [3.63, 3.8) is 0 Å². The summed E-state index contributed by atoms with van der Waals surface area (Å²) in [4.78, 5) is 0. The maximum atomic E-state index is 6.23. The molecule has 1 aromatic heterocycles. The molecule has 1 aromatic carbocycles. The lowest BCUT2D eigenvalue weighted by Gasteiger charge is -2.14. The Morgan fingerprint density at radius 1 is 1.41 bits per heavy atom. The molecular formula is C13H16BrN3. The molecule has 0 saturated carbocycles. The Morgan fingerprint density at radius 2 is 2.18 bits per heavy atom. The molecule has 4 heteroatoms. The van der Waals surface area contributed by atoms with Crippen molar-refractivity contribution in [2.24, 2.45) is 12.8 Å². The molecule has 0 radical (unpaired) electrons. The molecule has 2 N–H and O–H groups in total. The average molecular weight is 294 g/mol. The fraction of sp³-hybridized carbons (Fsp3) is 0.308. The van der Waals surface area contributed by atoms with Gasteiger partial charge in [-0.25, -0.2) is 0 Å². The fourth-order valence-corrected chi connectivity index (χ4v) is 2.42. The van der Waals surface area contributed by atoms with Gasteiger partial charge in [-0.15, -0.1) is 0 Å². The van der Waals surface area contributed by atoms with E-state index < -0.39 is 0 Å². The van der Waals surface area contributed by atoms with E-state index >= 15 is 0 Å². The Kier molecular flexibility index (Phi) is 3.64. The molecule has 0 saturated heterocycles. The quantitative estimate of drug-likeness (QED) is 0.946. The Hall–Kier alpha value is -1.13. The first-order chi connectivity index (χ1) is 8.08. The molecule has 1 atom stereocenters. The molecule has 0 aliphatic heterocycles. The van der Waals surface area contributed by atoms with E-state index in [4.69, 9.17) is 5.73 Å². The van der Waals surface area contributed by atoms with Crippen LogP contribution in [0.3, 0.4) is 0 Å². The van der Waals surface area contributed by atoms with Crippen LogP contribution in [0.15, 0.2) is 34.9 Å². The van der Waals surface area contributed by atoms with Gasteiger partial charge in [0.25, 0.3) is 0 Å². The number of nitrogens with two attached hydrogens (primary N) is 1. The predicted octanol–water partition coefficient (Wildman–Crippen LogP) is 2.73. The number of nitrogens with zero attached hydrogens (tertiary/aromatic N) is 2. The second-order valence-electron chi connectivity index (χ2n) is 4.27. The van der Waals surface area contributed by atoms with Gasteiger partial charge in [-0.2, -0.15) is 5.10 Å². The highest BCUT2D eigenvalue weighted by atomic mass is 79.9. The number of halogens is 1. The van der Waals surface area contributed by atoms with Crippen LogP contribution in [0.1, 0.15) is 22.9 Å². The first kappa shape index (κ1) is 12.3. The van der Waals surface area contributed by atoms with Crippen molar-refractivity contribution in [1.82, 2.24) is 9.78 Å². The van der Waals surface area contributed by atoms with Crippen molar-refractivity contribution in [2.45, 2.75) is 19.4 Å². The minimum Gasteiger partial charge on any atom is -0.324 e. The molecule has 2 rings (SSSR count). The van der Waals surface area contributed by atoms with E-state index in [1.807, 2.05) is 25.4 Å². The van der Waals surface area contributed by atoms with Crippen molar-refractivity contribution in [3.8, 4) is 0 Å². The van der Waals surface area contributed by atoms with E-state index in [9.17, 15) is 0 Å². The Balaban J connectivity index is 2.20. The topological polar surface area (TPSA) is 43.8 Å². The number of rotatable bonds is 3. The largest absolute Gasteiger partial charge is 0.324 e. The summed E-state index contributed by atoms with van der Waals surface area (Å²) in [6.45, 7) is 2.07. The second-order valence-corrected chi connectivity index (χ2v) is 5.06. The molecule has 17 heavy (non-hydrogen) atoms. The summed E-state index contributed by atoms with van der Waals surface area (Å²) in [7, 11) is 1.91. The van der Waals surface area contributed by atoms with Crippen LogP contribution in [0.2, 0.25) is 0 Å². The van der Waals surface area contributed by atoms with E-state index in [0.717, 1.165) is 22.2 Å². The van der Waals surface area contributed by atoms with E-state index in [1.54, 1.807) is 4.68 Å². The van der Waals surface area contributed by atoms with Crippen molar-refractivity contribution < 1.29 is 0 Å². The van der Waals surface area contributed by atoms with Gasteiger partial charge in [0, 0.05) is 30.2 Å². The van der Waals surface area contributed by atoms with Crippen LogP contribution < -0.4 is 5.73 Å². The van der Waals surface area contributed by atoms with E-state index in [0.29, 0.717) is 0 Å². The van der Waals surface area contributed by atoms with Gasteiger partial charge in [-0.1, -0.05) is 34.1 Å². The lowest BCUT2D eigenvalue weighted by atomic mass is 10.0. The van der Waals surface area contributed by atoms with Crippen LogP contribution in [-0.2, 0) is 13.5 Å². The lowest BCUT2D eigenvalue weighted by Crippen LogP contribution is -2.14. The van der Waals surface area contributed by atoms with Gasteiger partial charge in [0.1, 0.15) is 0 Å². The maximum absolute atomic E-state index is 6.23. The molecule has 0 bridgehead atoms. The molecule has 90 valence electrons. The molecule has 1 unspecified atom stereocenters. The van der Waals surface area contributed by atoms with Gasteiger partial charge < -0.3 is 5.73 Å². The molecular weight excluding hydrogens is 278 g/mol. The van der Waals surface area contributed by atoms with Crippen molar-refractivity contribution in [1.29, 1.82) is 0 Å². The third-order valence-corrected chi connectivity index (χ3v) is 3.90. The van der Waals surface area contributed by atoms with Crippen molar-refractivity contribution in [2.75, 3.05) is 0 Å². The van der Waals surface area contributed by atoms with E-state index in [2.05, 4.69) is 40.1 Å². The van der Waals surface area contributed by atoms with Crippen molar-refractivity contribution in [3.05, 3.63) is 51.8 Å². The monoisotopic (exact) mass is 293 g/mol. The van der Waals surface area contributed by atoms with Gasteiger partial charge in [0.15, 0.2) is 0 Å². The van der Waals surface area contributed by atoms with Crippen molar-refractivity contribution >= 4 is 15.9 Å². The standard InChI is InChI=1S/C13H16BrN3/c1-9-4-3-5-11(13(9)14)12(15)8-10-6-7-17(2)16-10/h3-7,12H,8,15H2,1-2H3. The molecule has 0 aliphatic rings. The zero-order chi connectivity index (χ0) is 12.4. The summed E-state index contributed by atoms with van der Waals surface area (Å²) in [6, 6.07) is 8.14. The lowest BCUT2D eigenvalue weighted by molar-refractivity contribution is 0.673. The molecule has 0 spiro atoms. The minimum atomic E-state index is -0.0285. The Labute approximate surface area is 110 Å². The van der Waals surface area contributed by atoms with Crippen LogP contribution in [0.4, 0.5) is 0 Å². The number of benzene rings is 1. The van der Waals surface area contributed by atoms with Crippen LogP contribution >= 0.6 is 15.9 Å². The first-order valence-corrected chi connectivity index (χ1v) is 6.36. The summed E-state index contributed by atoms with van der Waals surface area (Å²) >= 11 is 3.59. The molecule has 0 fully saturated rings. The van der Waals surface area contributed by atoms with Crippen LogP contribution in [-0.4, -0.2) is 9.78 Å². The third kappa shape index (κ3) is 2.76. The first-order valence-electron chi connectivity index (χ1n) is 5.57. The van der Waals surface area contributed by atoms with E-state index in [-0.39, 0.29) is 6.04 Å². The van der Waals surface area contributed by atoms with Crippen LogP contribution in [0, 0.1) is 6.92 Å². The van der Waals surface area contributed by atoms with Gasteiger partial charge in [-0.05, 0) is 24.1 Å². The smallest absolute Gasteiger partial charge is 0.0643 e. The summed E-state index contributed by atoms with van der Waals surface area (Å²) in [5, 5.41) is 4.35. The number of hydrogen-bond acceptors (Lipinski definition) is 2.